The number of para-hydroxylation sites is 1. The van der Waals surface area contributed by atoms with Gasteiger partial charge in [0.1, 0.15) is 0 Å². The topological polar surface area (TPSA) is 12.0 Å². The van der Waals surface area contributed by atoms with Crippen molar-refractivity contribution >= 4 is 17.4 Å². The fraction of sp³-hybridized carbons (Fsp3) is 0.143. The van der Waals surface area contributed by atoms with Crippen molar-refractivity contribution in [1.82, 2.24) is 0 Å². The zero-order valence-corrected chi connectivity index (χ0v) is 9.96. The predicted octanol–water partition coefficient (Wildman–Crippen LogP) is 4.19. The second-order valence-electron chi connectivity index (χ2n) is 3.61. The summed E-state index contributed by atoms with van der Waals surface area (Å²) >= 11 is 1.83. The number of rotatable bonds is 2. The van der Waals surface area contributed by atoms with E-state index >= 15 is 0 Å². The molecule has 0 spiro atoms. The van der Waals surface area contributed by atoms with E-state index in [1.807, 2.05) is 30.0 Å². The molecule has 0 saturated carbocycles. The van der Waals surface area contributed by atoms with Gasteiger partial charge in [-0.05, 0) is 30.2 Å². The molecule has 1 aliphatic rings. The molecule has 1 aromatic rings. The van der Waals surface area contributed by atoms with Crippen LogP contribution >= 0.6 is 11.8 Å². The van der Waals surface area contributed by atoms with Gasteiger partial charge in [0.05, 0.1) is 5.03 Å². The number of benzene rings is 1. The standard InChI is InChI=1S/C14H15NS/c1-12-7-5-6-10-16-14(11-12)15-13-8-3-2-4-9-13/h2-5,7-9,11,15H,1,6,10H2/b7-5-,14-11?. The van der Waals surface area contributed by atoms with Gasteiger partial charge in [-0.25, -0.2) is 0 Å². The minimum absolute atomic E-state index is 1.05. The van der Waals surface area contributed by atoms with Gasteiger partial charge in [-0.3, -0.25) is 0 Å². The number of anilines is 1. The van der Waals surface area contributed by atoms with Crippen LogP contribution in [0.3, 0.4) is 0 Å². The summed E-state index contributed by atoms with van der Waals surface area (Å²) in [4.78, 5) is 0. The number of hydrogen-bond acceptors (Lipinski definition) is 2. The Labute approximate surface area is 101 Å². The van der Waals surface area contributed by atoms with Crippen molar-refractivity contribution in [1.29, 1.82) is 0 Å². The zero-order valence-electron chi connectivity index (χ0n) is 9.15. The molecule has 1 nitrogen and oxygen atoms in total. The molecule has 0 atom stereocenters. The molecule has 2 heteroatoms. The lowest BCUT2D eigenvalue weighted by Crippen LogP contribution is -1.98. The third kappa shape index (κ3) is 3.31. The molecule has 16 heavy (non-hydrogen) atoms. The van der Waals surface area contributed by atoms with Crippen LogP contribution in [0.4, 0.5) is 5.69 Å². The fourth-order valence-electron chi connectivity index (χ4n) is 1.47. The maximum absolute atomic E-state index is 3.99. The number of nitrogens with one attached hydrogen (secondary N) is 1. The van der Waals surface area contributed by atoms with Crippen molar-refractivity contribution in [3.63, 3.8) is 0 Å². The van der Waals surface area contributed by atoms with Crippen molar-refractivity contribution in [3.05, 3.63) is 65.7 Å². The second kappa shape index (κ2) is 5.61. The number of hydrogen-bond donors (Lipinski definition) is 1. The molecule has 82 valence electrons. The highest BCUT2D eigenvalue weighted by Gasteiger charge is 2.01. The van der Waals surface area contributed by atoms with Crippen LogP contribution in [0, 0.1) is 0 Å². The number of allylic oxidation sites excluding steroid dienone is 4. The summed E-state index contributed by atoms with van der Waals surface area (Å²) in [6.07, 6.45) is 7.43. The van der Waals surface area contributed by atoms with Crippen LogP contribution < -0.4 is 5.32 Å². The highest BCUT2D eigenvalue weighted by atomic mass is 32.2. The normalized spacial score (nSPS) is 18.2. The molecule has 0 aromatic heterocycles. The van der Waals surface area contributed by atoms with E-state index in [0.29, 0.717) is 0 Å². The Hall–Kier alpha value is -1.41. The molecule has 0 unspecified atom stereocenters. The largest absolute Gasteiger partial charge is 0.350 e. The van der Waals surface area contributed by atoms with Crippen LogP contribution in [0.2, 0.25) is 0 Å². The second-order valence-corrected chi connectivity index (χ2v) is 4.75. The van der Waals surface area contributed by atoms with E-state index in [0.717, 1.165) is 23.4 Å². The summed E-state index contributed by atoms with van der Waals surface area (Å²) < 4.78 is 0. The van der Waals surface area contributed by atoms with Crippen molar-refractivity contribution < 1.29 is 0 Å². The first-order valence-corrected chi connectivity index (χ1v) is 6.35. The van der Waals surface area contributed by atoms with E-state index in [9.17, 15) is 0 Å². The van der Waals surface area contributed by atoms with Gasteiger partial charge >= 0.3 is 0 Å². The highest BCUT2D eigenvalue weighted by Crippen LogP contribution is 2.23. The van der Waals surface area contributed by atoms with E-state index in [1.165, 1.54) is 5.03 Å². The lowest BCUT2D eigenvalue weighted by atomic mass is 10.2. The summed E-state index contributed by atoms with van der Waals surface area (Å²) in [7, 11) is 0. The molecular formula is C14H15NS. The maximum Gasteiger partial charge on any atom is 0.0731 e. The summed E-state index contributed by atoms with van der Waals surface area (Å²) in [5, 5.41) is 4.58. The molecule has 1 aromatic carbocycles. The Morgan fingerprint density at radius 2 is 2.00 bits per heavy atom. The molecule has 0 saturated heterocycles. The Morgan fingerprint density at radius 3 is 2.81 bits per heavy atom. The fourth-order valence-corrected chi connectivity index (χ4v) is 2.36. The molecular weight excluding hydrogens is 214 g/mol. The van der Waals surface area contributed by atoms with Gasteiger partial charge in [-0.1, -0.05) is 36.9 Å². The average Bonchev–Trinajstić information content (AvgIpc) is 2.27. The van der Waals surface area contributed by atoms with Crippen LogP contribution in [0.5, 0.6) is 0 Å². The van der Waals surface area contributed by atoms with Gasteiger partial charge in [0.15, 0.2) is 0 Å². The Kier molecular flexibility index (Phi) is 3.89. The Morgan fingerprint density at radius 1 is 1.19 bits per heavy atom. The van der Waals surface area contributed by atoms with Crippen molar-refractivity contribution in [2.45, 2.75) is 6.42 Å². The molecule has 0 amide bonds. The summed E-state index contributed by atoms with van der Waals surface area (Å²) in [5.74, 6) is 1.11. The van der Waals surface area contributed by atoms with Gasteiger partial charge in [-0.2, -0.15) is 0 Å². The Bertz CT molecular complexity index is 418. The third-order valence-corrected chi connectivity index (χ3v) is 3.20. The first-order chi connectivity index (χ1) is 7.84. The van der Waals surface area contributed by atoms with Crippen molar-refractivity contribution in [3.8, 4) is 0 Å². The molecule has 0 aliphatic carbocycles. The van der Waals surface area contributed by atoms with E-state index in [2.05, 4.69) is 42.3 Å². The van der Waals surface area contributed by atoms with Gasteiger partial charge < -0.3 is 5.32 Å². The molecule has 0 radical (unpaired) electrons. The van der Waals surface area contributed by atoms with E-state index in [-0.39, 0.29) is 0 Å². The van der Waals surface area contributed by atoms with Gasteiger partial charge in [-0.15, -0.1) is 11.8 Å². The summed E-state index contributed by atoms with van der Waals surface area (Å²) in [5.41, 5.74) is 2.17. The lowest BCUT2D eigenvalue weighted by Gasteiger charge is -2.12. The van der Waals surface area contributed by atoms with Gasteiger partial charge in [0, 0.05) is 11.4 Å². The molecule has 0 fully saturated rings. The van der Waals surface area contributed by atoms with Crippen LogP contribution in [0.1, 0.15) is 6.42 Å². The van der Waals surface area contributed by atoms with Crippen LogP contribution in [0.15, 0.2) is 65.7 Å². The van der Waals surface area contributed by atoms with E-state index in [1.54, 1.807) is 0 Å². The van der Waals surface area contributed by atoms with E-state index in [4.69, 9.17) is 0 Å². The monoisotopic (exact) mass is 229 g/mol. The summed E-state index contributed by atoms with van der Waals surface area (Å²) in [6, 6.07) is 10.2. The minimum atomic E-state index is 1.05. The lowest BCUT2D eigenvalue weighted by molar-refractivity contribution is 1.24. The zero-order chi connectivity index (χ0) is 11.2. The van der Waals surface area contributed by atoms with Gasteiger partial charge in [0.25, 0.3) is 0 Å². The SMILES string of the molecule is C=C1C=C(Nc2ccccc2)SCC/C=C\1. The maximum atomic E-state index is 3.99. The third-order valence-electron chi connectivity index (χ3n) is 2.23. The highest BCUT2D eigenvalue weighted by molar-refractivity contribution is 8.03. The smallest absolute Gasteiger partial charge is 0.0731 e. The molecule has 1 heterocycles. The first-order valence-electron chi connectivity index (χ1n) is 5.36. The van der Waals surface area contributed by atoms with Crippen molar-refractivity contribution in [2.75, 3.05) is 11.1 Å². The van der Waals surface area contributed by atoms with Crippen molar-refractivity contribution in [2.24, 2.45) is 0 Å². The molecule has 1 N–H and O–H groups in total. The minimum Gasteiger partial charge on any atom is -0.350 e. The van der Waals surface area contributed by atoms with Crippen LogP contribution in [0.25, 0.3) is 0 Å². The van der Waals surface area contributed by atoms with Crippen LogP contribution in [-0.2, 0) is 0 Å². The van der Waals surface area contributed by atoms with E-state index < -0.39 is 0 Å². The molecule has 2 rings (SSSR count). The summed E-state index contributed by atoms with van der Waals surface area (Å²) in [6.45, 7) is 3.99. The molecule has 1 aliphatic heterocycles. The average molecular weight is 229 g/mol. The predicted molar refractivity (Wildman–Crippen MR) is 73.5 cm³/mol. The quantitative estimate of drug-likeness (QED) is 0.816. The number of thioether (sulfide) groups is 1. The molecule has 0 bridgehead atoms. The van der Waals surface area contributed by atoms with Gasteiger partial charge in [0.2, 0.25) is 0 Å². The van der Waals surface area contributed by atoms with Crippen LogP contribution in [-0.4, -0.2) is 5.75 Å². The first kappa shape index (κ1) is 11.1. The Balaban J connectivity index is 2.10.